The first-order valence-corrected chi connectivity index (χ1v) is 4.34. The van der Waals surface area contributed by atoms with Crippen LogP contribution in [0.25, 0.3) is 0 Å². The highest BCUT2D eigenvalue weighted by Crippen LogP contribution is 2.07. The minimum atomic E-state index is 1.11. The topological polar surface area (TPSA) is 6.48 Å². The van der Waals surface area contributed by atoms with E-state index in [2.05, 4.69) is 21.3 Å². The van der Waals surface area contributed by atoms with Crippen molar-refractivity contribution in [3.8, 4) is 0 Å². The van der Waals surface area contributed by atoms with Gasteiger partial charge in [-0.25, -0.2) is 5.01 Å². The average Bonchev–Trinajstić information content (AvgIpc) is 2.04. The number of anilines is 1. The van der Waals surface area contributed by atoms with Gasteiger partial charge in [0.05, 0.1) is 15.9 Å². The van der Waals surface area contributed by atoms with Crippen molar-refractivity contribution < 1.29 is 0 Å². The van der Waals surface area contributed by atoms with Gasteiger partial charge in [0.25, 0.3) is 0 Å². The van der Waals surface area contributed by atoms with Gasteiger partial charge in [-0.3, -0.25) is 0 Å². The molecule has 3 radical (unpaired) electrons. The monoisotopic (exact) mass is 177 g/mol. The number of rotatable bonds is 2. The van der Waals surface area contributed by atoms with Gasteiger partial charge < -0.3 is 5.01 Å². The minimum Gasteiger partial charge on any atom is -0.310 e. The van der Waals surface area contributed by atoms with Gasteiger partial charge in [0.2, 0.25) is 0 Å². The molecule has 0 N–H and O–H groups in total. The molecule has 63 valence electrons. The number of hydrogen-bond acceptors (Lipinski definition) is 2. The van der Waals surface area contributed by atoms with Crippen molar-refractivity contribution in [3.05, 3.63) is 24.3 Å². The Morgan fingerprint density at radius 3 is 2.17 bits per heavy atom. The van der Waals surface area contributed by atoms with E-state index in [1.807, 2.05) is 44.4 Å². The molecule has 0 aliphatic heterocycles. The summed E-state index contributed by atoms with van der Waals surface area (Å²) in [4.78, 5) is 0. The molecule has 0 aromatic heterocycles. The normalized spacial score (nSPS) is 10.4. The predicted molar refractivity (Wildman–Crippen MR) is 53.9 cm³/mol. The Morgan fingerprint density at radius 2 is 1.67 bits per heavy atom. The van der Waals surface area contributed by atoms with E-state index >= 15 is 0 Å². The summed E-state index contributed by atoms with van der Waals surface area (Å²) in [6, 6.07) is 8.14. The van der Waals surface area contributed by atoms with Crippen LogP contribution in [-0.4, -0.2) is 36.4 Å². The lowest BCUT2D eigenvalue weighted by Gasteiger charge is -2.27. The third-order valence-corrected chi connectivity index (χ3v) is 2.28. The summed E-state index contributed by atoms with van der Waals surface area (Å²) in [5.74, 6) is 0. The van der Waals surface area contributed by atoms with E-state index in [0.717, 1.165) is 5.19 Å². The lowest BCUT2D eigenvalue weighted by molar-refractivity contribution is 0.398. The molecule has 0 saturated heterocycles. The van der Waals surface area contributed by atoms with E-state index in [1.54, 1.807) is 0 Å². The Bertz CT molecular complexity index is 260. The Balaban J connectivity index is 2.94. The van der Waals surface area contributed by atoms with Gasteiger partial charge in [-0.15, -0.1) is 0 Å². The lowest BCUT2D eigenvalue weighted by Crippen LogP contribution is -2.36. The molecule has 12 heavy (non-hydrogen) atoms. The van der Waals surface area contributed by atoms with Crippen LogP contribution in [0.2, 0.25) is 0 Å². The molecule has 1 aromatic rings. The highest BCUT2D eigenvalue weighted by molar-refractivity contribution is 6.35. The summed E-state index contributed by atoms with van der Waals surface area (Å²) in [5.41, 5.74) is 1.17. The maximum atomic E-state index is 3.55. The standard InChI is InChI=1S/C9H13N2Si/c1-10(2)11(3)8-6-4-5-7-9(8)12/h4-7H,1-3H3. The first-order chi connectivity index (χ1) is 5.63. The van der Waals surface area contributed by atoms with Crippen molar-refractivity contribution in [2.45, 2.75) is 0 Å². The summed E-state index contributed by atoms with van der Waals surface area (Å²) in [5, 5.41) is 5.20. The van der Waals surface area contributed by atoms with Gasteiger partial charge in [0, 0.05) is 21.1 Å². The van der Waals surface area contributed by atoms with Gasteiger partial charge in [-0.1, -0.05) is 18.2 Å². The molecular weight excluding hydrogens is 164 g/mol. The highest BCUT2D eigenvalue weighted by Gasteiger charge is 2.03. The second-order valence-electron chi connectivity index (χ2n) is 2.89. The molecule has 0 aliphatic carbocycles. The SMILES string of the molecule is CN(C)N(C)c1ccccc1[Si]. The van der Waals surface area contributed by atoms with E-state index in [9.17, 15) is 0 Å². The molecule has 0 fully saturated rings. The zero-order valence-electron chi connectivity index (χ0n) is 7.70. The maximum absolute atomic E-state index is 3.55. The Kier molecular flexibility index (Phi) is 2.89. The maximum Gasteiger partial charge on any atom is 0.0741 e. The fourth-order valence-corrected chi connectivity index (χ4v) is 1.31. The molecule has 0 bridgehead atoms. The largest absolute Gasteiger partial charge is 0.310 e. The van der Waals surface area contributed by atoms with Crippen molar-refractivity contribution in [1.82, 2.24) is 5.01 Å². The summed E-state index contributed by atoms with van der Waals surface area (Å²) in [7, 11) is 9.60. The van der Waals surface area contributed by atoms with Gasteiger partial charge in [0.1, 0.15) is 0 Å². The fraction of sp³-hybridized carbons (Fsp3) is 0.333. The summed E-state index contributed by atoms with van der Waals surface area (Å²) >= 11 is 0. The molecule has 0 amide bonds. The van der Waals surface area contributed by atoms with Crippen molar-refractivity contribution in [3.63, 3.8) is 0 Å². The number of hydrazine groups is 1. The highest BCUT2D eigenvalue weighted by atomic mass is 28.1. The Hall–Kier alpha value is -0.803. The fourth-order valence-electron chi connectivity index (χ4n) is 0.971. The number of hydrogen-bond donors (Lipinski definition) is 0. The quantitative estimate of drug-likeness (QED) is 0.476. The zero-order chi connectivity index (χ0) is 9.14. The van der Waals surface area contributed by atoms with E-state index in [4.69, 9.17) is 0 Å². The van der Waals surface area contributed by atoms with Crippen LogP contribution in [0, 0.1) is 0 Å². The summed E-state index contributed by atoms with van der Waals surface area (Å²) in [6.07, 6.45) is 0. The second-order valence-corrected chi connectivity index (χ2v) is 3.43. The van der Waals surface area contributed by atoms with Crippen molar-refractivity contribution in [2.24, 2.45) is 0 Å². The summed E-state index contributed by atoms with van der Waals surface area (Å²) < 4.78 is 0. The number of benzene rings is 1. The van der Waals surface area contributed by atoms with Crippen LogP contribution in [0.5, 0.6) is 0 Å². The van der Waals surface area contributed by atoms with E-state index in [0.29, 0.717) is 0 Å². The first kappa shape index (κ1) is 9.29. The molecule has 3 heteroatoms. The third kappa shape index (κ3) is 1.87. The zero-order valence-corrected chi connectivity index (χ0v) is 8.70. The van der Waals surface area contributed by atoms with E-state index < -0.39 is 0 Å². The average molecular weight is 177 g/mol. The smallest absolute Gasteiger partial charge is 0.0741 e. The molecule has 1 aromatic carbocycles. The number of para-hydroxylation sites is 1. The third-order valence-electron chi connectivity index (χ3n) is 1.85. The molecule has 0 aliphatic rings. The Morgan fingerprint density at radius 1 is 1.08 bits per heavy atom. The van der Waals surface area contributed by atoms with E-state index in [-0.39, 0.29) is 0 Å². The molecule has 0 saturated carbocycles. The van der Waals surface area contributed by atoms with Crippen LogP contribution < -0.4 is 10.2 Å². The van der Waals surface area contributed by atoms with Crippen LogP contribution in [0.4, 0.5) is 5.69 Å². The molecule has 0 spiro atoms. The summed E-state index contributed by atoms with van der Waals surface area (Å²) in [6.45, 7) is 0. The molecule has 1 rings (SSSR count). The number of nitrogens with zero attached hydrogens (tertiary/aromatic N) is 2. The van der Waals surface area contributed by atoms with Crippen molar-refractivity contribution >= 4 is 21.1 Å². The van der Waals surface area contributed by atoms with E-state index in [1.165, 1.54) is 5.69 Å². The first-order valence-electron chi connectivity index (χ1n) is 3.84. The lowest BCUT2D eigenvalue weighted by atomic mass is 10.3. The molecular formula is C9H13N2Si. The molecule has 2 nitrogen and oxygen atoms in total. The van der Waals surface area contributed by atoms with Gasteiger partial charge >= 0.3 is 0 Å². The van der Waals surface area contributed by atoms with Crippen LogP contribution in [0.3, 0.4) is 0 Å². The van der Waals surface area contributed by atoms with Crippen LogP contribution in [0.1, 0.15) is 0 Å². The van der Waals surface area contributed by atoms with Crippen LogP contribution >= 0.6 is 0 Å². The van der Waals surface area contributed by atoms with Crippen LogP contribution in [-0.2, 0) is 0 Å². The van der Waals surface area contributed by atoms with Gasteiger partial charge in [-0.2, -0.15) is 0 Å². The van der Waals surface area contributed by atoms with Crippen LogP contribution in [0.15, 0.2) is 24.3 Å². The molecule has 0 unspecified atom stereocenters. The minimum absolute atomic E-state index is 1.11. The van der Waals surface area contributed by atoms with Gasteiger partial charge in [0.15, 0.2) is 0 Å². The molecule has 0 atom stereocenters. The second kappa shape index (κ2) is 3.73. The Labute approximate surface area is 77.2 Å². The van der Waals surface area contributed by atoms with Crippen molar-refractivity contribution in [2.75, 3.05) is 26.2 Å². The van der Waals surface area contributed by atoms with Gasteiger partial charge in [-0.05, 0) is 11.3 Å². The van der Waals surface area contributed by atoms with Crippen molar-refractivity contribution in [1.29, 1.82) is 0 Å². The molecule has 0 heterocycles. The predicted octanol–water partition coefficient (Wildman–Crippen LogP) is 0.393.